The summed E-state index contributed by atoms with van der Waals surface area (Å²) in [4.78, 5) is 38.9. The lowest BCUT2D eigenvalue weighted by Gasteiger charge is -2.37. The third kappa shape index (κ3) is 8.24. The zero-order valence-electron chi connectivity index (χ0n) is 29.1. The van der Waals surface area contributed by atoms with Crippen LogP contribution in [0.2, 0.25) is 0 Å². The molecule has 2 aromatic carbocycles. The Hall–Kier alpha value is -5.19. The number of nitrogens with zero attached hydrogens (tertiary/aromatic N) is 5. The summed E-state index contributed by atoms with van der Waals surface area (Å²) < 4.78 is 44.4. The summed E-state index contributed by atoms with van der Waals surface area (Å²) in [6.45, 7) is 8.02. The van der Waals surface area contributed by atoms with E-state index < -0.39 is 17.6 Å². The maximum absolute atomic E-state index is 14.1. The van der Waals surface area contributed by atoms with Crippen LogP contribution in [-0.4, -0.2) is 82.0 Å². The van der Waals surface area contributed by atoms with Crippen molar-refractivity contribution in [3.05, 3.63) is 93.8 Å². The number of halogens is 3. The number of hydrogen-bond donors (Lipinski definition) is 3. The molecule has 51 heavy (non-hydrogen) atoms. The summed E-state index contributed by atoms with van der Waals surface area (Å²) in [5.41, 5.74) is 4.20. The fraction of sp³-hybridized carbons (Fsp3) is 0.368. The molecule has 2 aliphatic rings. The van der Waals surface area contributed by atoms with Crippen molar-refractivity contribution in [1.82, 2.24) is 29.7 Å². The summed E-state index contributed by atoms with van der Waals surface area (Å²) >= 11 is 0. The lowest BCUT2D eigenvalue weighted by atomic mass is 10.0. The highest BCUT2D eigenvalue weighted by molar-refractivity contribution is 5.98. The van der Waals surface area contributed by atoms with Crippen LogP contribution in [0.25, 0.3) is 11.4 Å². The third-order valence-electron chi connectivity index (χ3n) is 9.37. The van der Waals surface area contributed by atoms with E-state index in [1.165, 1.54) is 12.1 Å². The average molecular weight is 699 g/mol. The Morgan fingerprint density at radius 3 is 2.55 bits per heavy atom. The highest BCUT2D eigenvalue weighted by atomic mass is 19.4. The molecule has 0 saturated carbocycles. The van der Waals surface area contributed by atoms with E-state index in [9.17, 15) is 22.8 Å². The van der Waals surface area contributed by atoms with E-state index in [2.05, 4.69) is 56.5 Å². The number of hydrogen-bond acceptors (Lipinski definition) is 7. The smallest absolute Gasteiger partial charge is 0.357 e. The number of rotatable bonds is 8. The molecule has 1 saturated heterocycles. The third-order valence-corrected chi connectivity index (χ3v) is 9.37. The molecule has 2 amide bonds. The van der Waals surface area contributed by atoms with E-state index in [0.29, 0.717) is 66.0 Å². The molecular formula is C38H41F3N8O2. The van der Waals surface area contributed by atoms with Crippen molar-refractivity contribution in [2.75, 3.05) is 50.4 Å². The second kappa shape index (κ2) is 15.0. The van der Waals surface area contributed by atoms with E-state index in [0.717, 1.165) is 30.5 Å². The molecule has 2 aromatic heterocycles. The van der Waals surface area contributed by atoms with Crippen molar-refractivity contribution >= 4 is 23.5 Å². The Bertz CT molecular complexity index is 2000. The van der Waals surface area contributed by atoms with E-state index in [4.69, 9.17) is 0 Å². The predicted octanol–water partition coefficient (Wildman–Crippen LogP) is 4.94. The molecule has 4 aromatic rings. The SMILES string of the molecule is CNc1ncc(C#Cc2cccc(CC(=O)Nc3ccc(CN4CCN(C(C)C)CC4)c(C(F)(F)F)c3)c2)c(-c2cc3c(n2C)CCNC3=O)n1. The van der Waals surface area contributed by atoms with Gasteiger partial charge in [-0.1, -0.05) is 30.0 Å². The van der Waals surface area contributed by atoms with Gasteiger partial charge in [0.1, 0.15) is 5.69 Å². The lowest BCUT2D eigenvalue weighted by Crippen LogP contribution is -2.48. The molecule has 0 spiro atoms. The maximum atomic E-state index is 14.1. The van der Waals surface area contributed by atoms with Crippen LogP contribution in [0, 0.1) is 11.8 Å². The second-order valence-electron chi connectivity index (χ2n) is 13.1. The molecule has 13 heteroatoms. The van der Waals surface area contributed by atoms with Gasteiger partial charge < -0.3 is 20.5 Å². The Balaban J connectivity index is 1.16. The first-order chi connectivity index (χ1) is 24.4. The van der Waals surface area contributed by atoms with Gasteiger partial charge in [-0.3, -0.25) is 19.4 Å². The minimum absolute atomic E-state index is 0.0546. The Morgan fingerprint density at radius 1 is 1.06 bits per heavy atom. The summed E-state index contributed by atoms with van der Waals surface area (Å²) in [5.74, 6) is 6.12. The first kappa shape index (κ1) is 35.6. The van der Waals surface area contributed by atoms with E-state index in [-0.39, 0.29) is 30.1 Å². The van der Waals surface area contributed by atoms with Gasteiger partial charge in [-0.25, -0.2) is 9.97 Å². The average Bonchev–Trinajstić information content (AvgIpc) is 3.44. The van der Waals surface area contributed by atoms with Crippen LogP contribution >= 0.6 is 0 Å². The van der Waals surface area contributed by atoms with Gasteiger partial charge in [0.25, 0.3) is 5.91 Å². The molecule has 4 heterocycles. The Labute approximate surface area is 295 Å². The number of alkyl halides is 3. The minimum atomic E-state index is -4.56. The van der Waals surface area contributed by atoms with E-state index >= 15 is 0 Å². The molecule has 0 atom stereocenters. The zero-order valence-corrected chi connectivity index (χ0v) is 29.1. The largest absolute Gasteiger partial charge is 0.416 e. The predicted molar refractivity (Wildman–Crippen MR) is 190 cm³/mol. The number of piperazine rings is 1. The van der Waals surface area contributed by atoms with Gasteiger partial charge in [0.2, 0.25) is 11.9 Å². The van der Waals surface area contributed by atoms with Crippen molar-refractivity contribution in [2.24, 2.45) is 7.05 Å². The van der Waals surface area contributed by atoms with Crippen molar-refractivity contribution < 1.29 is 22.8 Å². The monoisotopic (exact) mass is 698 g/mol. The molecule has 1 fully saturated rings. The number of benzene rings is 2. The minimum Gasteiger partial charge on any atom is -0.357 e. The van der Waals surface area contributed by atoms with Gasteiger partial charge >= 0.3 is 6.18 Å². The first-order valence-electron chi connectivity index (χ1n) is 17.0. The number of carbonyl (C=O) groups is 2. The van der Waals surface area contributed by atoms with Crippen molar-refractivity contribution in [2.45, 2.75) is 45.5 Å². The van der Waals surface area contributed by atoms with Gasteiger partial charge in [-0.2, -0.15) is 13.2 Å². The summed E-state index contributed by atoms with van der Waals surface area (Å²) in [6, 6.07) is 13.3. The number of amides is 2. The van der Waals surface area contributed by atoms with E-state index in [1.54, 1.807) is 37.5 Å². The molecule has 266 valence electrons. The molecule has 3 N–H and O–H groups in total. The fourth-order valence-corrected chi connectivity index (χ4v) is 6.57. The molecule has 0 aliphatic carbocycles. The summed E-state index contributed by atoms with van der Waals surface area (Å²) in [5, 5.41) is 8.47. The van der Waals surface area contributed by atoms with Gasteiger partial charge in [-0.15, -0.1) is 0 Å². The molecule has 2 aliphatic heterocycles. The number of nitrogens with one attached hydrogen (secondary N) is 3. The van der Waals surface area contributed by atoms with Gasteiger partial charge in [0, 0.05) is 89.0 Å². The van der Waals surface area contributed by atoms with E-state index in [1.807, 2.05) is 22.6 Å². The summed E-state index contributed by atoms with van der Waals surface area (Å²) in [6.07, 6.45) is -2.29. The van der Waals surface area contributed by atoms with Crippen molar-refractivity contribution in [3.63, 3.8) is 0 Å². The number of anilines is 2. The van der Waals surface area contributed by atoms with Crippen LogP contribution in [-0.2, 0) is 37.4 Å². The van der Waals surface area contributed by atoms with Crippen LogP contribution in [0.1, 0.15) is 57.7 Å². The fourth-order valence-electron chi connectivity index (χ4n) is 6.57. The van der Waals surface area contributed by atoms with Crippen molar-refractivity contribution in [1.29, 1.82) is 0 Å². The van der Waals surface area contributed by atoms with Crippen LogP contribution < -0.4 is 16.0 Å². The van der Waals surface area contributed by atoms with Gasteiger partial charge in [0.05, 0.1) is 28.8 Å². The Morgan fingerprint density at radius 2 is 1.84 bits per heavy atom. The zero-order chi connectivity index (χ0) is 36.3. The quantitative estimate of drug-likeness (QED) is 0.224. The molecule has 0 bridgehead atoms. The summed E-state index contributed by atoms with van der Waals surface area (Å²) in [7, 11) is 3.62. The number of carbonyl (C=O) groups excluding carboxylic acids is 2. The standard InChI is InChI=1S/C38H41F3N8O2/c1-24(2)49-16-14-48(15-17-49)23-28-10-11-29(20-31(28)38(39,40)41)45-34(50)19-26-7-5-6-25(18-26)8-9-27-22-44-37(42-3)46-35(27)33-21-30-32(47(33)4)12-13-43-36(30)51/h5-7,10-11,18,20-22,24H,12-17,19,23H2,1-4H3,(H,43,51)(H,45,50)(H,42,44,46). The molecule has 0 radical (unpaired) electrons. The topological polar surface area (TPSA) is 107 Å². The van der Waals surface area contributed by atoms with Crippen molar-refractivity contribution in [3.8, 4) is 23.2 Å². The lowest BCUT2D eigenvalue weighted by molar-refractivity contribution is -0.138. The van der Waals surface area contributed by atoms with Gasteiger partial charge in [0.15, 0.2) is 0 Å². The van der Waals surface area contributed by atoms with Crippen LogP contribution in [0.15, 0.2) is 54.7 Å². The highest BCUT2D eigenvalue weighted by Gasteiger charge is 2.34. The second-order valence-corrected chi connectivity index (χ2v) is 13.1. The van der Waals surface area contributed by atoms with Crippen LogP contribution in [0.5, 0.6) is 0 Å². The molecule has 10 nitrogen and oxygen atoms in total. The number of fused-ring (bicyclic) bond motifs is 1. The van der Waals surface area contributed by atoms with Gasteiger partial charge in [-0.05, 0) is 55.3 Å². The maximum Gasteiger partial charge on any atom is 0.416 e. The van der Waals surface area contributed by atoms with Crippen LogP contribution in [0.4, 0.5) is 24.8 Å². The molecule has 0 unspecified atom stereocenters. The molecular weight excluding hydrogens is 657 g/mol. The number of aromatic nitrogens is 3. The normalized spacial score (nSPS) is 15.2. The molecule has 6 rings (SSSR count). The Kier molecular flexibility index (Phi) is 10.5. The van der Waals surface area contributed by atoms with Crippen LogP contribution in [0.3, 0.4) is 0 Å². The first-order valence-corrected chi connectivity index (χ1v) is 17.0. The highest BCUT2D eigenvalue weighted by Crippen LogP contribution is 2.35.